The number of hydrogen-bond acceptors (Lipinski definition) is 2. The Bertz CT molecular complexity index is 1540. The molecule has 0 amide bonds. The van der Waals surface area contributed by atoms with Crippen molar-refractivity contribution < 1.29 is 52.7 Å². The number of nitrogens with one attached hydrogen (secondary N) is 2. The maximum Gasteiger partial charge on any atom is 0.416 e. The van der Waals surface area contributed by atoms with Crippen LogP contribution in [0.5, 0.6) is 0 Å². The molecule has 2 N–H and O–H groups in total. The Morgan fingerprint density at radius 2 is 0.714 bits per heavy atom. The zero-order valence-electron chi connectivity index (χ0n) is 20.5. The average Bonchev–Trinajstić information content (AvgIpc) is 3.15. The van der Waals surface area contributed by atoms with E-state index in [1.165, 1.54) is 24.3 Å². The Balaban J connectivity index is 1.71. The van der Waals surface area contributed by atoms with Crippen molar-refractivity contribution in [3.63, 3.8) is 0 Å². The zero-order valence-corrected chi connectivity index (χ0v) is 20.5. The molecule has 0 atom stereocenters. The lowest BCUT2D eigenvalue weighted by Gasteiger charge is -2.19. The molecule has 220 valence electrons. The van der Waals surface area contributed by atoms with Crippen LogP contribution in [0.3, 0.4) is 0 Å². The molecule has 42 heavy (non-hydrogen) atoms. The minimum Gasteiger partial charge on any atom is -0.353 e. The summed E-state index contributed by atoms with van der Waals surface area (Å²) in [6.45, 7) is 0. The van der Waals surface area contributed by atoms with Crippen molar-refractivity contribution in [1.29, 1.82) is 0 Å². The first kappa shape index (κ1) is 29.1. The van der Waals surface area contributed by atoms with Gasteiger partial charge >= 0.3 is 24.7 Å². The Labute approximate surface area is 228 Å². The van der Waals surface area contributed by atoms with Crippen LogP contribution in [0.15, 0.2) is 72.8 Å². The summed E-state index contributed by atoms with van der Waals surface area (Å²) in [4.78, 5) is 0. The number of halogens is 12. The van der Waals surface area contributed by atoms with Crippen LogP contribution in [0.1, 0.15) is 33.4 Å². The van der Waals surface area contributed by atoms with Crippen molar-refractivity contribution in [2.24, 2.45) is 0 Å². The highest BCUT2D eigenvalue weighted by Gasteiger charge is 2.39. The molecule has 4 aromatic carbocycles. The molecule has 5 rings (SSSR count). The lowest BCUT2D eigenvalue weighted by Crippen LogP contribution is -2.13. The van der Waals surface area contributed by atoms with Gasteiger partial charge in [0.2, 0.25) is 0 Å². The highest BCUT2D eigenvalue weighted by atomic mass is 19.4. The summed E-state index contributed by atoms with van der Waals surface area (Å²) >= 11 is 0. The van der Waals surface area contributed by atoms with E-state index in [1.807, 2.05) is 0 Å². The van der Waals surface area contributed by atoms with Crippen LogP contribution in [0, 0.1) is 0 Å². The van der Waals surface area contributed by atoms with Gasteiger partial charge in [-0.1, -0.05) is 36.4 Å². The lowest BCUT2D eigenvalue weighted by atomic mass is 10.0. The van der Waals surface area contributed by atoms with E-state index in [0.29, 0.717) is 35.0 Å². The van der Waals surface area contributed by atoms with Crippen molar-refractivity contribution in [3.8, 4) is 0 Å². The van der Waals surface area contributed by atoms with Crippen LogP contribution < -0.4 is 10.6 Å². The second-order valence-corrected chi connectivity index (χ2v) is 9.30. The van der Waals surface area contributed by atoms with Gasteiger partial charge in [0, 0.05) is 27.9 Å². The fourth-order valence-corrected chi connectivity index (χ4v) is 4.63. The van der Waals surface area contributed by atoms with E-state index < -0.39 is 58.3 Å². The third kappa shape index (κ3) is 5.57. The fourth-order valence-electron chi connectivity index (χ4n) is 4.63. The summed E-state index contributed by atoms with van der Waals surface area (Å²) in [6, 6.07) is 10.7. The third-order valence-corrected chi connectivity index (χ3v) is 6.41. The van der Waals surface area contributed by atoms with Crippen molar-refractivity contribution in [2.75, 3.05) is 10.6 Å². The minimum absolute atomic E-state index is 0.0792. The minimum atomic E-state index is -5.17. The predicted octanol–water partition coefficient (Wildman–Crippen LogP) is 10.3. The second-order valence-electron chi connectivity index (χ2n) is 9.30. The summed E-state index contributed by atoms with van der Waals surface area (Å²) in [7, 11) is 0. The van der Waals surface area contributed by atoms with Crippen LogP contribution in [-0.2, 0) is 24.7 Å². The van der Waals surface area contributed by atoms with Gasteiger partial charge in [-0.15, -0.1) is 0 Å². The number of anilines is 2. The predicted molar refractivity (Wildman–Crippen MR) is 131 cm³/mol. The molecule has 1 aliphatic rings. The molecule has 0 saturated heterocycles. The van der Waals surface area contributed by atoms with Gasteiger partial charge in [0.25, 0.3) is 0 Å². The molecule has 0 fully saturated rings. The summed E-state index contributed by atoms with van der Waals surface area (Å²) in [6.07, 6.45) is -20.7. The molecular weight excluding hydrogens is 592 g/mol. The van der Waals surface area contributed by atoms with E-state index in [4.69, 9.17) is 0 Å². The number of rotatable bonds is 4. The maximum absolute atomic E-state index is 13.5. The van der Waals surface area contributed by atoms with E-state index in [9.17, 15) is 52.7 Å². The highest BCUT2D eigenvalue weighted by Crippen LogP contribution is 2.45. The van der Waals surface area contributed by atoms with Crippen LogP contribution >= 0.6 is 0 Å². The van der Waals surface area contributed by atoms with Gasteiger partial charge in [-0.3, -0.25) is 0 Å². The van der Waals surface area contributed by atoms with Crippen LogP contribution in [0.4, 0.5) is 64.1 Å². The lowest BCUT2D eigenvalue weighted by molar-refractivity contribution is -0.144. The molecule has 1 aliphatic carbocycles. The summed E-state index contributed by atoms with van der Waals surface area (Å²) in [5.74, 6) is 0. The molecule has 4 aromatic rings. The number of benzene rings is 4. The van der Waals surface area contributed by atoms with Gasteiger partial charge < -0.3 is 10.6 Å². The quantitative estimate of drug-likeness (QED) is 0.226. The van der Waals surface area contributed by atoms with Gasteiger partial charge in [0.1, 0.15) is 0 Å². The fraction of sp³-hybridized carbons (Fsp3) is 0.143. The van der Waals surface area contributed by atoms with Crippen LogP contribution in [0.25, 0.3) is 22.2 Å². The Morgan fingerprint density at radius 1 is 0.405 bits per heavy atom. The molecule has 0 bridgehead atoms. The molecule has 2 nitrogen and oxygen atoms in total. The molecule has 14 heteroatoms. The van der Waals surface area contributed by atoms with Gasteiger partial charge in [-0.2, -0.15) is 52.7 Å². The maximum atomic E-state index is 13.5. The Hall–Kier alpha value is -4.36. The van der Waals surface area contributed by atoms with Gasteiger partial charge in [0.15, 0.2) is 0 Å². The first-order valence-corrected chi connectivity index (χ1v) is 11.7. The van der Waals surface area contributed by atoms with E-state index in [0.717, 1.165) is 0 Å². The summed E-state index contributed by atoms with van der Waals surface area (Å²) in [5.41, 5.74) is -7.72. The molecule has 0 unspecified atom stereocenters. The second kappa shape index (κ2) is 9.60. The first-order chi connectivity index (χ1) is 19.3. The van der Waals surface area contributed by atoms with Crippen molar-refractivity contribution in [3.05, 3.63) is 106 Å². The van der Waals surface area contributed by atoms with Crippen molar-refractivity contribution in [1.82, 2.24) is 0 Å². The van der Waals surface area contributed by atoms with E-state index in [1.54, 1.807) is 12.1 Å². The topological polar surface area (TPSA) is 24.1 Å². The molecule has 0 spiro atoms. The Kier molecular flexibility index (Phi) is 6.66. The largest absolute Gasteiger partial charge is 0.416 e. The molecule has 0 radical (unpaired) electrons. The van der Waals surface area contributed by atoms with E-state index in [2.05, 4.69) is 10.6 Å². The summed E-state index contributed by atoms with van der Waals surface area (Å²) < 4.78 is 162. The Morgan fingerprint density at radius 3 is 1.00 bits per heavy atom. The third-order valence-electron chi connectivity index (χ3n) is 6.41. The van der Waals surface area contributed by atoms with E-state index >= 15 is 0 Å². The number of hydrogen-bond donors (Lipinski definition) is 2. The first-order valence-electron chi connectivity index (χ1n) is 11.7. The number of alkyl halides is 12. The van der Waals surface area contributed by atoms with Gasteiger partial charge in [-0.25, -0.2) is 0 Å². The zero-order chi connectivity index (χ0) is 30.8. The van der Waals surface area contributed by atoms with Gasteiger partial charge in [-0.05, 0) is 41.8 Å². The highest BCUT2D eigenvalue weighted by molar-refractivity contribution is 6.17. The van der Waals surface area contributed by atoms with Gasteiger partial charge in [0.05, 0.1) is 33.6 Å². The molecule has 0 heterocycles. The standard InChI is InChI=1S/C28H14F12N2/c29-25(30,31)14-7-15(26(32,33)34)10-18(9-14)41-23-20-5-1-3-13-4-2-6-21(22(13)20)24(23)42-19-11-16(27(35,36)37)8-17(12-19)28(38,39)40/h1-12,41-42H. The van der Waals surface area contributed by atoms with Crippen LogP contribution in [-0.4, -0.2) is 0 Å². The monoisotopic (exact) mass is 606 g/mol. The molecule has 0 saturated carbocycles. The normalized spacial score (nSPS) is 14.1. The summed E-state index contributed by atoms with van der Waals surface area (Å²) in [5, 5.41) is 5.97. The van der Waals surface area contributed by atoms with Crippen molar-refractivity contribution in [2.45, 2.75) is 24.7 Å². The van der Waals surface area contributed by atoms with Crippen molar-refractivity contribution >= 4 is 33.5 Å². The molecule has 0 aliphatic heterocycles. The van der Waals surface area contributed by atoms with E-state index in [-0.39, 0.29) is 34.7 Å². The molecular formula is C28H14F12N2. The average molecular weight is 606 g/mol. The SMILES string of the molecule is FC(F)(F)c1cc(NC2=C(Nc3cc(C(F)(F)F)cc(C(F)(F)F)c3)c3cccc4cccc2c34)cc(C(F)(F)F)c1. The smallest absolute Gasteiger partial charge is 0.353 e. The molecule has 0 aromatic heterocycles. The van der Waals surface area contributed by atoms with Crippen LogP contribution in [0.2, 0.25) is 0 Å².